The van der Waals surface area contributed by atoms with Gasteiger partial charge in [0.1, 0.15) is 0 Å². The molecular formula is C12H17NOS. The molecule has 0 unspecified atom stereocenters. The minimum Gasteiger partial charge on any atom is -0.326 e. The Labute approximate surface area is 95.5 Å². The maximum Gasteiger partial charge on any atom is 0.224 e. The Hall–Kier alpha value is -0.960. The number of hydrogen-bond acceptors (Lipinski definition) is 2. The Kier molecular flexibility index (Phi) is 5.26. The maximum absolute atomic E-state index is 11.4. The van der Waals surface area contributed by atoms with Crippen molar-refractivity contribution in [1.82, 2.24) is 0 Å². The van der Waals surface area contributed by atoms with Gasteiger partial charge in [-0.15, -0.1) is 11.8 Å². The molecule has 82 valence electrons. The molecule has 1 amide bonds. The summed E-state index contributed by atoms with van der Waals surface area (Å²) in [5.74, 6) is 1.14. The number of anilines is 1. The van der Waals surface area contributed by atoms with Crippen molar-refractivity contribution in [2.24, 2.45) is 0 Å². The quantitative estimate of drug-likeness (QED) is 0.774. The molecule has 1 rings (SSSR count). The number of benzene rings is 1. The van der Waals surface area contributed by atoms with Crippen molar-refractivity contribution >= 4 is 23.4 Å². The van der Waals surface area contributed by atoms with Crippen LogP contribution >= 0.6 is 11.8 Å². The van der Waals surface area contributed by atoms with Gasteiger partial charge in [-0.3, -0.25) is 4.79 Å². The lowest BCUT2D eigenvalue weighted by molar-refractivity contribution is -0.116. The van der Waals surface area contributed by atoms with Gasteiger partial charge in [-0.2, -0.15) is 0 Å². The normalized spacial score (nSPS) is 10.0. The fraction of sp³-hybridized carbons (Fsp3) is 0.417. The second-order valence-corrected chi connectivity index (χ2v) is 4.60. The Morgan fingerprint density at radius 3 is 2.87 bits per heavy atom. The van der Waals surface area contributed by atoms with Crippen LogP contribution in [0.2, 0.25) is 0 Å². The molecule has 0 aliphatic heterocycles. The van der Waals surface area contributed by atoms with Crippen molar-refractivity contribution < 1.29 is 4.79 Å². The van der Waals surface area contributed by atoms with Gasteiger partial charge in [-0.25, -0.2) is 0 Å². The van der Waals surface area contributed by atoms with E-state index in [0.29, 0.717) is 6.42 Å². The first-order valence-corrected chi connectivity index (χ1v) is 6.27. The van der Waals surface area contributed by atoms with Crippen molar-refractivity contribution in [2.75, 3.05) is 11.1 Å². The highest BCUT2D eigenvalue weighted by atomic mass is 32.2. The van der Waals surface area contributed by atoms with Crippen LogP contribution in [0.15, 0.2) is 29.2 Å². The van der Waals surface area contributed by atoms with Gasteiger partial charge < -0.3 is 5.32 Å². The molecule has 1 aromatic carbocycles. The summed E-state index contributed by atoms with van der Waals surface area (Å²) < 4.78 is 0. The van der Waals surface area contributed by atoms with Gasteiger partial charge in [0.05, 0.1) is 0 Å². The third-order valence-corrected chi connectivity index (χ3v) is 2.78. The van der Waals surface area contributed by atoms with E-state index in [1.807, 2.05) is 25.1 Å². The second kappa shape index (κ2) is 6.51. The van der Waals surface area contributed by atoms with E-state index in [1.165, 1.54) is 4.90 Å². The van der Waals surface area contributed by atoms with Gasteiger partial charge in [-0.1, -0.05) is 19.9 Å². The summed E-state index contributed by atoms with van der Waals surface area (Å²) in [7, 11) is 0. The number of rotatable bonds is 5. The molecule has 0 saturated carbocycles. The first-order valence-electron chi connectivity index (χ1n) is 5.29. The van der Waals surface area contributed by atoms with Gasteiger partial charge in [-0.05, 0) is 30.4 Å². The average Bonchev–Trinajstić information content (AvgIpc) is 2.19. The summed E-state index contributed by atoms with van der Waals surface area (Å²) in [5.41, 5.74) is 0.895. The minimum atomic E-state index is 0.0937. The van der Waals surface area contributed by atoms with Crippen molar-refractivity contribution in [3.05, 3.63) is 24.3 Å². The SMILES string of the molecule is CCCC(=O)Nc1cccc(SCC)c1. The predicted molar refractivity (Wildman–Crippen MR) is 66.4 cm³/mol. The molecule has 0 radical (unpaired) electrons. The summed E-state index contributed by atoms with van der Waals surface area (Å²) in [5, 5.41) is 2.89. The molecule has 2 nitrogen and oxygen atoms in total. The van der Waals surface area contributed by atoms with E-state index in [1.54, 1.807) is 11.8 Å². The van der Waals surface area contributed by atoms with E-state index in [4.69, 9.17) is 0 Å². The number of thioether (sulfide) groups is 1. The van der Waals surface area contributed by atoms with Crippen LogP contribution in [0.5, 0.6) is 0 Å². The summed E-state index contributed by atoms with van der Waals surface area (Å²) in [6, 6.07) is 7.97. The van der Waals surface area contributed by atoms with Crippen LogP contribution in [0, 0.1) is 0 Å². The van der Waals surface area contributed by atoms with Crippen molar-refractivity contribution in [3.8, 4) is 0 Å². The standard InChI is InChI=1S/C12H17NOS/c1-3-6-12(14)13-10-7-5-8-11(9-10)15-4-2/h5,7-9H,3-4,6H2,1-2H3,(H,13,14). The Bertz CT molecular complexity index is 325. The highest BCUT2D eigenvalue weighted by Crippen LogP contribution is 2.21. The Balaban J connectivity index is 2.60. The van der Waals surface area contributed by atoms with E-state index in [9.17, 15) is 4.79 Å². The van der Waals surface area contributed by atoms with E-state index in [0.717, 1.165) is 17.9 Å². The van der Waals surface area contributed by atoms with E-state index in [-0.39, 0.29) is 5.91 Å². The number of carbonyl (C=O) groups is 1. The van der Waals surface area contributed by atoms with Crippen LogP contribution in [0.4, 0.5) is 5.69 Å². The highest BCUT2D eigenvalue weighted by molar-refractivity contribution is 7.99. The molecule has 3 heteroatoms. The zero-order chi connectivity index (χ0) is 11.1. The number of nitrogens with one attached hydrogen (secondary N) is 1. The van der Waals surface area contributed by atoms with Crippen LogP contribution in [0.25, 0.3) is 0 Å². The van der Waals surface area contributed by atoms with Crippen molar-refractivity contribution in [1.29, 1.82) is 0 Å². The molecule has 0 heterocycles. The number of carbonyl (C=O) groups excluding carboxylic acids is 1. The molecule has 0 bridgehead atoms. The van der Waals surface area contributed by atoms with Gasteiger partial charge in [0.15, 0.2) is 0 Å². The zero-order valence-corrected chi connectivity index (χ0v) is 10.1. The average molecular weight is 223 g/mol. The number of hydrogen-bond donors (Lipinski definition) is 1. The summed E-state index contributed by atoms with van der Waals surface area (Å²) in [6.07, 6.45) is 1.47. The third kappa shape index (κ3) is 4.38. The largest absolute Gasteiger partial charge is 0.326 e. The van der Waals surface area contributed by atoms with Crippen molar-refractivity contribution in [3.63, 3.8) is 0 Å². The molecular weight excluding hydrogens is 206 g/mol. The lowest BCUT2D eigenvalue weighted by atomic mass is 10.3. The zero-order valence-electron chi connectivity index (χ0n) is 9.25. The van der Waals surface area contributed by atoms with Crippen LogP contribution in [-0.4, -0.2) is 11.7 Å². The van der Waals surface area contributed by atoms with Crippen molar-refractivity contribution in [2.45, 2.75) is 31.6 Å². The van der Waals surface area contributed by atoms with Gasteiger partial charge in [0.25, 0.3) is 0 Å². The Morgan fingerprint density at radius 1 is 1.40 bits per heavy atom. The molecule has 0 saturated heterocycles. The van der Waals surface area contributed by atoms with Gasteiger partial charge in [0.2, 0.25) is 5.91 Å². The first-order chi connectivity index (χ1) is 7.26. The number of amides is 1. The third-order valence-electron chi connectivity index (χ3n) is 1.91. The minimum absolute atomic E-state index is 0.0937. The predicted octanol–water partition coefficient (Wildman–Crippen LogP) is 3.54. The van der Waals surface area contributed by atoms with Crippen LogP contribution in [-0.2, 0) is 4.79 Å². The van der Waals surface area contributed by atoms with E-state index < -0.39 is 0 Å². The lowest BCUT2D eigenvalue weighted by Gasteiger charge is -2.05. The summed E-state index contributed by atoms with van der Waals surface area (Å²) in [6.45, 7) is 4.12. The van der Waals surface area contributed by atoms with Crippen LogP contribution in [0.1, 0.15) is 26.7 Å². The first kappa shape index (κ1) is 12.1. The molecule has 0 spiro atoms. The highest BCUT2D eigenvalue weighted by Gasteiger charge is 2.01. The topological polar surface area (TPSA) is 29.1 Å². The van der Waals surface area contributed by atoms with Gasteiger partial charge >= 0.3 is 0 Å². The summed E-state index contributed by atoms with van der Waals surface area (Å²) in [4.78, 5) is 12.6. The molecule has 0 fully saturated rings. The fourth-order valence-corrected chi connectivity index (χ4v) is 2.00. The van der Waals surface area contributed by atoms with E-state index >= 15 is 0 Å². The summed E-state index contributed by atoms with van der Waals surface area (Å²) >= 11 is 1.78. The van der Waals surface area contributed by atoms with Crippen LogP contribution < -0.4 is 5.32 Å². The lowest BCUT2D eigenvalue weighted by Crippen LogP contribution is -2.10. The fourth-order valence-electron chi connectivity index (χ4n) is 1.28. The molecule has 0 aliphatic rings. The molecule has 1 N–H and O–H groups in total. The molecule has 0 aliphatic carbocycles. The van der Waals surface area contributed by atoms with E-state index in [2.05, 4.69) is 18.3 Å². The molecule has 0 aromatic heterocycles. The van der Waals surface area contributed by atoms with Crippen LogP contribution in [0.3, 0.4) is 0 Å². The van der Waals surface area contributed by atoms with Gasteiger partial charge in [0, 0.05) is 17.0 Å². The molecule has 0 atom stereocenters. The molecule has 1 aromatic rings. The smallest absolute Gasteiger partial charge is 0.224 e. The molecule has 15 heavy (non-hydrogen) atoms. The Morgan fingerprint density at radius 2 is 2.20 bits per heavy atom. The maximum atomic E-state index is 11.4. The monoisotopic (exact) mass is 223 g/mol. The second-order valence-electron chi connectivity index (χ2n) is 3.26.